The maximum absolute atomic E-state index is 3.50. The van der Waals surface area contributed by atoms with Crippen LogP contribution in [0, 0.1) is 6.92 Å². The lowest BCUT2D eigenvalue weighted by atomic mass is 9.80. The van der Waals surface area contributed by atoms with Crippen LogP contribution in [-0.2, 0) is 5.41 Å². The SMILES string of the molecule is CCNc1ccccc1C(C)(C)C/C=C/c1ccc(N(CC)CC)cc1C. The van der Waals surface area contributed by atoms with Gasteiger partial charge in [-0.1, -0.05) is 50.3 Å². The van der Waals surface area contributed by atoms with Crippen molar-refractivity contribution in [1.82, 2.24) is 0 Å². The summed E-state index contributed by atoms with van der Waals surface area (Å²) in [6.45, 7) is 16.5. The maximum atomic E-state index is 3.50. The molecule has 0 bridgehead atoms. The molecule has 2 heteroatoms. The summed E-state index contributed by atoms with van der Waals surface area (Å²) in [6.07, 6.45) is 5.60. The third-order valence-corrected chi connectivity index (χ3v) is 5.33. The molecular weight excluding hydrogens is 328 g/mol. The van der Waals surface area contributed by atoms with E-state index in [-0.39, 0.29) is 5.41 Å². The molecule has 0 saturated heterocycles. The first-order chi connectivity index (χ1) is 12.9. The van der Waals surface area contributed by atoms with Crippen molar-refractivity contribution in [2.75, 3.05) is 29.9 Å². The topological polar surface area (TPSA) is 15.3 Å². The molecule has 0 aliphatic rings. The number of nitrogens with one attached hydrogen (secondary N) is 1. The van der Waals surface area contributed by atoms with Gasteiger partial charge in [0.05, 0.1) is 0 Å². The van der Waals surface area contributed by atoms with Crippen molar-refractivity contribution < 1.29 is 0 Å². The van der Waals surface area contributed by atoms with Crippen LogP contribution in [0.2, 0.25) is 0 Å². The van der Waals surface area contributed by atoms with Crippen LogP contribution in [0.1, 0.15) is 57.7 Å². The number of hydrogen-bond donors (Lipinski definition) is 1. The van der Waals surface area contributed by atoms with E-state index in [1.54, 1.807) is 0 Å². The second kappa shape index (κ2) is 9.64. The lowest BCUT2D eigenvalue weighted by Gasteiger charge is -2.27. The molecule has 0 saturated carbocycles. The largest absolute Gasteiger partial charge is 0.385 e. The van der Waals surface area contributed by atoms with Gasteiger partial charge < -0.3 is 10.2 Å². The standard InChI is InChI=1S/C25H36N2/c1-7-26-24-15-11-10-14-23(24)25(5,6)18-12-13-21-16-17-22(19-20(21)4)27(8-2)9-3/h10-17,19,26H,7-9,18H2,1-6H3/b13-12+. The van der Waals surface area contributed by atoms with E-state index in [1.807, 2.05) is 0 Å². The van der Waals surface area contributed by atoms with E-state index in [0.717, 1.165) is 26.1 Å². The maximum Gasteiger partial charge on any atom is 0.0378 e. The van der Waals surface area contributed by atoms with Gasteiger partial charge in [0.25, 0.3) is 0 Å². The van der Waals surface area contributed by atoms with Crippen LogP contribution in [0.5, 0.6) is 0 Å². The summed E-state index contributed by atoms with van der Waals surface area (Å²) in [5.74, 6) is 0. The molecule has 0 aromatic heterocycles. The quantitative estimate of drug-likeness (QED) is 0.535. The van der Waals surface area contributed by atoms with Crippen LogP contribution in [0.4, 0.5) is 11.4 Å². The third-order valence-electron chi connectivity index (χ3n) is 5.33. The van der Waals surface area contributed by atoms with Gasteiger partial charge in [-0.15, -0.1) is 0 Å². The average Bonchev–Trinajstić information content (AvgIpc) is 2.65. The van der Waals surface area contributed by atoms with Gasteiger partial charge in [0.1, 0.15) is 0 Å². The Hall–Kier alpha value is -2.22. The van der Waals surface area contributed by atoms with Crippen molar-refractivity contribution in [2.24, 2.45) is 0 Å². The summed E-state index contributed by atoms with van der Waals surface area (Å²) in [5, 5.41) is 3.50. The van der Waals surface area contributed by atoms with Gasteiger partial charge in [0, 0.05) is 31.0 Å². The van der Waals surface area contributed by atoms with Gasteiger partial charge in [-0.3, -0.25) is 0 Å². The minimum atomic E-state index is 0.0876. The number of anilines is 2. The number of para-hydroxylation sites is 1. The Morgan fingerprint density at radius 1 is 1.00 bits per heavy atom. The summed E-state index contributed by atoms with van der Waals surface area (Å²) in [6, 6.07) is 15.5. The van der Waals surface area contributed by atoms with Crippen LogP contribution in [0.15, 0.2) is 48.5 Å². The van der Waals surface area contributed by atoms with E-state index < -0.39 is 0 Å². The van der Waals surface area contributed by atoms with Gasteiger partial charge in [0.15, 0.2) is 0 Å². The number of nitrogens with zero attached hydrogens (tertiary/aromatic N) is 1. The molecule has 1 N–H and O–H groups in total. The van der Waals surface area contributed by atoms with E-state index in [1.165, 1.54) is 28.1 Å². The summed E-state index contributed by atoms with van der Waals surface area (Å²) < 4.78 is 0. The second-order valence-electron chi connectivity index (χ2n) is 7.78. The summed E-state index contributed by atoms with van der Waals surface area (Å²) >= 11 is 0. The van der Waals surface area contributed by atoms with Crippen molar-refractivity contribution in [3.8, 4) is 0 Å². The van der Waals surface area contributed by atoms with Crippen LogP contribution in [0.25, 0.3) is 6.08 Å². The molecule has 27 heavy (non-hydrogen) atoms. The van der Waals surface area contributed by atoms with Crippen LogP contribution in [0.3, 0.4) is 0 Å². The highest BCUT2D eigenvalue weighted by Gasteiger charge is 2.21. The van der Waals surface area contributed by atoms with Gasteiger partial charge in [0.2, 0.25) is 0 Å². The molecule has 0 unspecified atom stereocenters. The van der Waals surface area contributed by atoms with E-state index >= 15 is 0 Å². The molecule has 2 nitrogen and oxygen atoms in total. The van der Waals surface area contributed by atoms with Gasteiger partial charge in [-0.25, -0.2) is 0 Å². The Morgan fingerprint density at radius 2 is 1.70 bits per heavy atom. The van der Waals surface area contributed by atoms with E-state index in [2.05, 4.69) is 106 Å². The first-order valence-corrected chi connectivity index (χ1v) is 10.3. The fourth-order valence-electron chi connectivity index (χ4n) is 3.64. The molecule has 0 amide bonds. The summed E-state index contributed by atoms with van der Waals surface area (Å²) in [7, 11) is 0. The Balaban J connectivity index is 2.15. The molecule has 0 fully saturated rings. The van der Waals surface area contributed by atoms with Gasteiger partial charge in [-0.05, 0) is 74.4 Å². The number of rotatable bonds is 9. The second-order valence-corrected chi connectivity index (χ2v) is 7.78. The lowest BCUT2D eigenvalue weighted by molar-refractivity contribution is 0.536. The number of hydrogen-bond acceptors (Lipinski definition) is 2. The van der Waals surface area contributed by atoms with Crippen molar-refractivity contribution in [3.63, 3.8) is 0 Å². The monoisotopic (exact) mass is 364 g/mol. The van der Waals surface area contributed by atoms with Crippen LogP contribution in [-0.4, -0.2) is 19.6 Å². The van der Waals surface area contributed by atoms with Crippen LogP contribution >= 0.6 is 0 Å². The molecule has 2 aromatic rings. The fourth-order valence-corrected chi connectivity index (χ4v) is 3.64. The highest BCUT2D eigenvalue weighted by Crippen LogP contribution is 2.33. The Bertz CT molecular complexity index is 755. The molecule has 0 atom stereocenters. The molecule has 146 valence electrons. The third kappa shape index (κ3) is 5.38. The summed E-state index contributed by atoms with van der Waals surface area (Å²) in [5.41, 5.74) is 6.67. The van der Waals surface area contributed by atoms with Gasteiger partial charge in [-0.2, -0.15) is 0 Å². The molecule has 0 radical (unpaired) electrons. The Labute approximate surface area is 166 Å². The number of allylic oxidation sites excluding steroid dienone is 1. The zero-order chi connectivity index (χ0) is 19.9. The highest BCUT2D eigenvalue weighted by atomic mass is 15.1. The molecule has 0 spiro atoms. The first kappa shape index (κ1) is 21.1. The zero-order valence-electron chi connectivity index (χ0n) is 18.0. The lowest BCUT2D eigenvalue weighted by Crippen LogP contribution is -2.21. The molecular formula is C25H36N2. The van der Waals surface area contributed by atoms with E-state index in [9.17, 15) is 0 Å². The van der Waals surface area contributed by atoms with Crippen molar-refractivity contribution in [1.29, 1.82) is 0 Å². The van der Waals surface area contributed by atoms with Crippen molar-refractivity contribution in [3.05, 3.63) is 65.2 Å². The molecule has 2 aromatic carbocycles. The first-order valence-electron chi connectivity index (χ1n) is 10.3. The fraction of sp³-hybridized carbons (Fsp3) is 0.440. The molecule has 0 aliphatic carbocycles. The Morgan fingerprint density at radius 3 is 2.33 bits per heavy atom. The van der Waals surface area contributed by atoms with Crippen molar-refractivity contribution in [2.45, 2.75) is 53.4 Å². The van der Waals surface area contributed by atoms with Crippen LogP contribution < -0.4 is 10.2 Å². The predicted molar refractivity (Wildman–Crippen MR) is 122 cm³/mol. The van der Waals surface area contributed by atoms with E-state index in [0.29, 0.717) is 0 Å². The minimum Gasteiger partial charge on any atom is -0.385 e. The highest BCUT2D eigenvalue weighted by molar-refractivity contribution is 5.61. The average molecular weight is 365 g/mol. The molecule has 2 rings (SSSR count). The molecule has 0 heterocycles. The predicted octanol–water partition coefficient (Wildman–Crippen LogP) is 6.65. The zero-order valence-corrected chi connectivity index (χ0v) is 18.0. The van der Waals surface area contributed by atoms with E-state index in [4.69, 9.17) is 0 Å². The molecule has 0 aliphatic heterocycles. The van der Waals surface area contributed by atoms with Gasteiger partial charge >= 0.3 is 0 Å². The van der Waals surface area contributed by atoms with Crippen molar-refractivity contribution >= 4 is 17.5 Å². The minimum absolute atomic E-state index is 0.0876. The number of benzene rings is 2. The number of aryl methyl sites for hydroxylation is 1. The Kier molecular flexibility index (Phi) is 7.53. The normalized spacial score (nSPS) is 11.8. The smallest absolute Gasteiger partial charge is 0.0378 e. The summed E-state index contributed by atoms with van der Waals surface area (Å²) in [4.78, 5) is 2.39.